The number of hydrogen-bond acceptors (Lipinski definition) is 3. The van der Waals surface area contributed by atoms with Crippen molar-refractivity contribution < 1.29 is 14.2 Å². The molecule has 0 fully saturated rings. The second kappa shape index (κ2) is 8.06. The maximum atomic E-state index is 6.16. The molecule has 25 heavy (non-hydrogen) atoms. The van der Waals surface area contributed by atoms with E-state index < -0.39 is 0 Å². The molecule has 3 aromatic rings. The highest BCUT2D eigenvalue weighted by Crippen LogP contribution is 2.27. The topological polar surface area (TPSA) is 27.7 Å². The van der Waals surface area contributed by atoms with Crippen molar-refractivity contribution in [2.24, 2.45) is 0 Å². The molecule has 0 saturated heterocycles. The smallest absolute Gasteiger partial charge is 0.135 e. The van der Waals surface area contributed by atoms with Crippen LogP contribution in [0.1, 0.15) is 11.1 Å². The Kier molecular flexibility index (Phi) is 5.37. The first kappa shape index (κ1) is 16.7. The van der Waals surface area contributed by atoms with Crippen LogP contribution in [0.5, 0.6) is 17.2 Å². The molecular formula is C22H20O3. The first-order valence-electron chi connectivity index (χ1n) is 8.01. The third kappa shape index (κ3) is 4.42. The summed E-state index contributed by atoms with van der Waals surface area (Å²) < 4.78 is 16.7. The zero-order chi connectivity index (χ0) is 17.5. The van der Waals surface area contributed by atoms with Crippen LogP contribution in [0, 0.1) is 0 Å². The summed E-state index contributed by atoms with van der Waals surface area (Å²) in [7, 11) is 3.30. The second-order valence-corrected chi connectivity index (χ2v) is 5.43. The average Bonchev–Trinajstić information content (AvgIpc) is 2.68. The largest absolute Gasteiger partial charge is 0.497 e. The highest BCUT2D eigenvalue weighted by Gasteiger charge is 2.07. The van der Waals surface area contributed by atoms with E-state index in [1.54, 1.807) is 14.2 Å². The molecule has 0 aliphatic rings. The van der Waals surface area contributed by atoms with E-state index in [4.69, 9.17) is 14.2 Å². The van der Waals surface area contributed by atoms with Gasteiger partial charge in [0, 0.05) is 11.6 Å². The Morgan fingerprint density at radius 2 is 1.36 bits per heavy atom. The summed E-state index contributed by atoms with van der Waals surface area (Å²) in [4.78, 5) is 0. The normalized spacial score (nSPS) is 11.0. The fraction of sp³-hybridized carbons (Fsp3) is 0.0909. The molecule has 0 aromatic heterocycles. The second-order valence-electron chi connectivity index (χ2n) is 5.43. The molecule has 0 heterocycles. The number of methoxy groups -OCH3 is 2. The van der Waals surface area contributed by atoms with Gasteiger partial charge in [-0.3, -0.25) is 0 Å². The minimum Gasteiger partial charge on any atom is -0.497 e. The van der Waals surface area contributed by atoms with E-state index in [0.717, 1.165) is 34.1 Å². The fourth-order valence-corrected chi connectivity index (χ4v) is 2.42. The third-order valence-corrected chi connectivity index (χ3v) is 3.74. The third-order valence-electron chi connectivity index (χ3n) is 3.74. The molecule has 0 N–H and O–H groups in total. The van der Waals surface area contributed by atoms with Gasteiger partial charge in [-0.05, 0) is 48.0 Å². The number of hydrogen-bond donors (Lipinski definition) is 0. The maximum Gasteiger partial charge on any atom is 0.135 e. The van der Waals surface area contributed by atoms with Crippen LogP contribution in [-0.4, -0.2) is 14.2 Å². The Morgan fingerprint density at radius 1 is 0.680 bits per heavy atom. The predicted octanol–water partition coefficient (Wildman–Crippen LogP) is 5.28. The molecule has 3 rings (SSSR count). The van der Waals surface area contributed by atoms with Gasteiger partial charge >= 0.3 is 0 Å². The minimum absolute atomic E-state index is 0.720. The van der Waals surface area contributed by atoms with Crippen molar-refractivity contribution >= 4 is 11.8 Å². The lowest BCUT2D eigenvalue weighted by Crippen LogP contribution is -1.96. The van der Waals surface area contributed by atoms with Crippen molar-refractivity contribution in [2.45, 2.75) is 0 Å². The summed E-state index contributed by atoms with van der Waals surface area (Å²) in [5, 5.41) is 0. The number of rotatable bonds is 6. The van der Waals surface area contributed by atoms with Crippen molar-refractivity contribution in [3.05, 3.63) is 90.0 Å². The van der Waals surface area contributed by atoms with E-state index >= 15 is 0 Å². The van der Waals surface area contributed by atoms with Gasteiger partial charge in [0.2, 0.25) is 0 Å². The van der Waals surface area contributed by atoms with Gasteiger partial charge < -0.3 is 14.2 Å². The highest BCUT2D eigenvalue weighted by molar-refractivity contribution is 5.78. The van der Waals surface area contributed by atoms with E-state index in [2.05, 4.69) is 0 Å². The van der Waals surface area contributed by atoms with Crippen LogP contribution in [-0.2, 0) is 0 Å². The maximum absolute atomic E-state index is 6.16. The molecule has 3 aromatic carbocycles. The summed E-state index contributed by atoms with van der Waals surface area (Å²) in [6.07, 6.45) is 2.02. The van der Waals surface area contributed by atoms with Crippen LogP contribution in [0.25, 0.3) is 11.8 Å². The lowest BCUT2D eigenvalue weighted by molar-refractivity contribution is 0.410. The van der Waals surface area contributed by atoms with E-state index in [1.165, 1.54) is 0 Å². The molecule has 3 nitrogen and oxygen atoms in total. The van der Waals surface area contributed by atoms with Gasteiger partial charge in [0.05, 0.1) is 14.2 Å². The number of ether oxygens (including phenoxy) is 3. The number of benzene rings is 3. The highest BCUT2D eigenvalue weighted by atomic mass is 16.5. The Hall–Kier alpha value is -3.20. The van der Waals surface area contributed by atoms with Crippen molar-refractivity contribution in [1.29, 1.82) is 0 Å². The summed E-state index contributed by atoms with van der Waals surface area (Å²) in [6, 6.07) is 25.4. The Labute approximate surface area is 148 Å². The summed E-state index contributed by atoms with van der Waals surface area (Å²) >= 11 is 0. The summed E-state index contributed by atoms with van der Waals surface area (Å²) in [6.45, 7) is 0. The van der Waals surface area contributed by atoms with Gasteiger partial charge in [-0.25, -0.2) is 0 Å². The van der Waals surface area contributed by atoms with Crippen LogP contribution >= 0.6 is 0 Å². The van der Waals surface area contributed by atoms with E-state index in [-0.39, 0.29) is 0 Å². The van der Waals surface area contributed by atoms with Gasteiger partial charge in [0.15, 0.2) is 0 Å². The molecule has 126 valence electrons. The van der Waals surface area contributed by atoms with Crippen molar-refractivity contribution in [3.8, 4) is 17.2 Å². The lowest BCUT2D eigenvalue weighted by Gasteiger charge is -2.12. The zero-order valence-corrected chi connectivity index (χ0v) is 14.3. The molecule has 3 heteroatoms. The SMILES string of the molecule is COc1ccc(/C(=C/c2ccccc2)Oc2cccc(OC)c2)cc1. The van der Waals surface area contributed by atoms with Crippen molar-refractivity contribution in [2.75, 3.05) is 14.2 Å². The quantitative estimate of drug-likeness (QED) is 0.454. The minimum atomic E-state index is 0.720. The predicted molar refractivity (Wildman–Crippen MR) is 101 cm³/mol. The Balaban J connectivity index is 1.97. The lowest BCUT2D eigenvalue weighted by atomic mass is 10.1. The van der Waals surface area contributed by atoms with Crippen LogP contribution in [0.2, 0.25) is 0 Å². The van der Waals surface area contributed by atoms with Gasteiger partial charge in [-0.1, -0.05) is 36.4 Å². The molecule has 0 amide bonds. The van der Waals surface area contributed by atoms with Gasteiger partial charge in [0.25, 0.3) is 0 Å². The van der Waals surface area contributed by atoms with Crippen LogP contribution in [0.3, 0.4) is 0 Å². The van der Waals surface area contributed by atoms with E-state index in [1.807, 2.05) is 84.9 Å². The Morgan fingerprint density at radius 3 is 2.04 bits per heavy atom. The molecule has 0 aliphatic carbocycles. The molecule has 0 unspecified atom stereocenters. The first-order chi connectivity index (χ1) is 12.3. The van der Waals surface area contributed by atoms with Gasteiger partial charge in [-0.2, -0.15) is 0 Å². The summed E-state index contributed by atoms with van der Waals surface area (Å²) in [5.41, 5.74) is 2.03. The summed E-state index contributed by atoms with van der Waals surface area (Å²) in [5.74, 6) is 3.04. The van der Waals surface area contributed by atoms with Gasteiger partial charge in [-0.15, -0.1) is 0 Å². The molecule has 0 bridgehead atoms. The molecule has 0 saturated carbocycles. The fourth-order valence-electron chi connectivity index (χ4n) is 2.42. The van der Waals surface area contributed by atoms with Gasteiger partial charge in [0.1, 0.15) is 23.0 Å². The van der Waals surface area contributed by atoms with Crippen molar-refractivity contribution in [1.82, 2.24) is 0 Å². The van der Waals surface area contributed by atoms with Crippen molar-refractivity contribution in [3.63, 3.8) is 0 Å². The molecule has 0 atom stereocenters. The van der Waals surface area contributed by atoms with Crippen LogP contribution in [0.4, 0.5) is 0 Å². The monoisotopic (exact) mass is 332 g/mol. The van der Waals surface area contributed by atoms with E-state index in [9.17, 15) is 0 Å². The standard InChI is InChI=1S/C22H20O3/c1-23-19-13-11-18(12-14-19)22(15-17-7-4-3-5-8-17)25-21-10-6-9-20(16-21)24-2/h3-16H,1-2H3/b22-15-. The Bertz CT molecular complexity index is 837. The van der Waals surface area contributed by atoms with Crippen LogP contribution in [0.15, 0.2) is 78.9 Å². The molecule has 0 aliphatic heterocycles. The average molecular weight is 332 g/mol. The van der Waals surface area contributed by atoms with Crippen LogP contribution < -0.4 is 14.2 Å². The molecule has 0 radical (unpaired) electrons. The van der Waals surface area contributed by atoms with E-state index in [0.29, 0.717) is 0 Å². The molecular weight excluding hydrogens is 312 g/mol. The first-order valence-corrected chi connectivity index (χ1v) is 8.01. The zero-order valence-electron chi connectivity index (χ0n) is 14.3. The molecule has 0 spiro atoms.